The van der Waals surface area contributed by atoms with E-state index in [2.05, 4.69) is 27.8 Å². The van der Waals surface area contributed by atoms with Crippen molar-refractivity contribution >= 4 is 15.9 Å². The van der Waals surface area contributed by atoms with Gasteiger partial charge in [0.1, 0.15) is 0 Å². The predicted molar refractivity (Wildman–Crippen MR) is 69.5 cm³/mol. The van der Waals surface area contributed by atoms with E-state index in [1.807, 2.05) is 0 Å². The van der Waals surface area contributed by atoms with Crippen LogP contribution in [0.3, 0.4) is 0 Å². The third kappa shape index (κ3) is 2.76. The maximum absolute atomic E-state index is 3.65. The Bertz CT molecular complexity index is 191. The van der Waals surface area contributed by atoms with Gasteiger partial charge in [-0.2, -0.15) is 0 Å². The van der Waals surface area contributed by atoms with E-state index in [1.165, 1.54) is 56.9 Å². The average Bonchev–Trinajstić information content (AvgIpc) is 2.74. The number of likely N-dealkylation sites (tertiary alicyclic amines) is 1. The normalized spacial score (nSPS) is 34.0. The first-order valence-electron chi connectivity index (χ1n) is 6.65. The zero-order chi connectivity index (χ0) is 10.7. The summed E-state index contributed by atoms with van der Waals surface area (Å²) in [5.41, 5.74) is 0. The summed E-state index contributed by atoms with van der Waals surface area (Å²) in [6.45, 7) is 5.02. The van der Waals surface area contributed by atoms with Crippen LogP contribution in [-0.4, -0.2) is 29.4 Å². The van der Waals surface area contributed by atoms with Gasteiger partial charge in [-0.3, -0.25) is 4.90 Å². The summed E-state index contributed by atoms with van der Waals surface area (Å²) in [4.78, 5) is 2.80. The SMILES string of the molecule is CCC(CBr)CN1CCCC2CCCC21. The molecule has 2 heteroatoms. The lowest BCUT2D eigenvalue weighted by molar-refractivity contribution is 0.0976. The van der Waals surface area contributed by atoms with E-state index in [4.69, 9.17) is 0 Å². The summed E-state index contributed by atoms with van der Waals surface area (Å²) in [5.74, 6) is 1.91. The second kappa shape index (κ2) is 5.67. The van der Waals surface area contributed by atoms with Crippen molar-refractivity contribution in [2.24, 2.45) is 11.8 Å². The summed E-state index contributed by atoms with van der Waals surface area (Å²) in [6.07, 6.45) is 8.73. The van der Waals surface area contributed by atoms with Crippen LogP contribution in [-0.2, 0) is 0 Å². The predicted octanol–water partition coefficient (Wildman–Crippen LogP) is 3.67. The van der Waals surface area contributed by atoms with E-state index in [9.17, 15) is 0 Å². The standard InChI is InChI=1S/C13H24BrN/c1-2-11(9-14)10-15-8-4-6-12-5-3-7-13(12)15/h11-13H,2-10H2,1H3. The van der Waals surface area contributed by atoms with Crippen LogP contribution in [0.1, 0.15) is 45.4 Å². The highest BCUT2D eigenvalue weighted by Gasteiger charge is 2.35. The van der Waals surface area contributed by atoms with Crippen LogP contribution >= 0.6 is 15.9 Å². The van der Waals surface area contributed by atoms with Crippen LogP contribution in [0, 0.1) is 11.8 Å². The molecule has 1 nitrogen and oxygen atoms in total. The molecule has 2 fully saturated rings. The number of rotatable bonds is 4. The fourth-order valence-electron chi connectivity index (χ4n) is 3.40. The molecule has 0 bridgehead atoms. The molecule has 88 valence electrons. The van der Waals surface area contributed by atoms with Gasteiger partial charge in [0.05, 0.1) is 0 Å². The fourth-order valence-corrected chi connectivity index (χ4v) is 4.07. The monoisotopic (exact) mass is 273 g/mol. The second-order valence-electron chi connectivity index (χ2n) is 5.32. The van der Waals surface area contributed by atoms with Crippen molar-refractivity contribution in [3.8, 4) is 0 Å². The summed E-state index contributed by atoms with van der Waals surface area (Å²) >= 11 is 3.65. The van der Waals surface area contributed by atoms with Crippen LogP contribution in [0.15, 0.2) is 0 Å². The van der Waals surface area contributed by atoms with Gasteiger partial charge in [-0.1, -0.05) is 35.7 Å². The largest absolute Gasteiger partial charge is 0.300 e. The molecule has 0 aromatic heterocycles. The first kappa shape index (κ1) is 11.9. The molecule has 0 aromatic rings. The zero-order valence-electron chi connectivity index (χ0n) is 9.92. The van der Waals surface area contributed by atoms with Gasteiger partial charge < -0.3 is 0 Å². The zero-order valence-corrected chi connectivity index (χ0v) is 11.5. The molecule has 0 aromatic carbocycles. The molecule has 3 atom stereocenters. The Morgan fingerprint density at radius 3 is 2.80 bits per heavy atom. The van der Waals surface area contributed by atoms with E-state index >= 15 is 0 Å². The number of halogens is 1. The van der Waals surface area contributed by atoms with Crippen molar-refractivity contribution in [3.05, 3.63) is 0 Å². The first-order valence-corrected chi connectivity index (χ1v) is 7.77. The Hall–Kier alpha value is 0.440. The van der Waals surface area contributed by atoms with Gasteiger partial charge in [0.2, 0.25) is 0 Å². The van der Waals surface area contributed by atoms with Gasteiger partial charge in [0, 0.05) is 17.9 Å². The van der Waals surface area contributed by atoms with Crippen LogP contribution < -0.4 is 0 Å². The molecule has 0 N–H and O–H groups in total. The molecular weight excluding hydrogens is 250 g/mol. The highest BCUT2D eigenvalue weighted by Crippen LogP contribution is 2.37. The van der Waals surface area contributed by atoms with Gasteiger partial charge in [-0.25, -0.2) is 0 Å². The Balaban J connectivity index is 1.89. The number of hydrogen-bond donors (Lipinski definition) is 0. The molecule has 1 aliphatic heterocycles. The lowest BCUT2D eigenvalue weighted by Crippen LogP contribution is -2.45. The van der Waals surface area contributed by atoms with Crippen LogP contribution in [0.25, 0.3) is 0 Å². The minimum Gasteiger partial charge on any atom is -0.300 e. The second-order valence-corrected chi connectivity index (χ2v) is 5.97. The maximum Gasteiger partial charge on any atom is 0.0124 e. The van der Waals surface area contributed by atoms with Crippen LogP contribution in [0.5, 0.6) is 0 Å². The molecule has 2 rings (SSSR count). The molecule has 1 aliphatic carbocycles. The highest BCUT2D eigenvalue weighted by atomic mass is 79.9. The first-order chi connectivity index (χ1) is 7.35. The van der Waals surface area contributed by atoms with Crippen molar-refractivity contribution < 1.29 is 0 Å². The minimum atomic E-state index is 0.865. The van der Waals surface area contributed by atoms with Crippen molar-refractivity contribution in [2.45, 2.75) is 51.5 Å². The molecule has 15 heavy (non-hydrogen) atoms. The van der Waals surface area contributed by atoms with Crippen molar-refractivity contribution in [1.82, 2.24) is 4.90 Å². The Labute approximate surface area is 103 Å². The molecule has 1 saturated carbocycles. The van der Waals surface area contributed by atoms with Gasteiger partial charge >= 0.3 is 0 Å². The lowest BCUT2D eigenvalue weighted by atomic mass is 9.91. The maximum atomic E-state index is 3.65. The number of alkyl halides is 1. The Morgan fingerprint density at radius 1 is 1.27 bits per heavy atom. The topological polar surface area (TPSA) is 3.24 Å². The van der Waals surface area contributed by atoms with Crippen molar-refractivity contribution in [1.29, 1.82) is 0 Å². The third-order valence-corrected chi connectivity index (χ3v) is 5.31. The minimum absolute atomic E-state index is 0.865. The van der Waals surface area contributed by atoms with E-state index < -0.39 is 0 Å². The van der Waals surface area contributed by atoms with Gasteiger partial charge in [0.15, 0.2) is 0 Å². The molecule has 0 radical (unpaired) electrons. The van der Waals surface area contributed by atoms with Crippen LogP contribution in [0.4, 0.5) is 0 Å². The molecule has 0 amide bonds. The summed E-state index contributed by atoms with van der Waals surface area (Å²) in [6, 6.07) is 0.951. The average molecular weight is 274 g/mol. The molecule has 2 aliphatic rings. The van der Waals surface area contributed by atoms with E-state index in [-0.39, 0.29) is 0 Å². The van der Waals surface area contributed by atoms with Crippen molar-refractivity contribution in [2.75, 3.05) is 18.4 Å². The molecule has 3 unspecified atom stereocenters. The summed E-state index contributed by atoms with van der Waals surface area (Å²) < 4.78 is 0. The Kier molecular flexibility index (Phi) is 4.51. The smallest absolute Gasteiger partial charge is 0.0124 e. The number of nitrogens with zero attached hydrogens (tertiary/aromatic N) is 1. The summed E-state index contributed by atoms with van der Waals surface area (Å²) in [5, 5.41) is 1.18. The number of hydrogen-bond acceptors (Lipinski definition) is 1. The number of piperidine rings is 1. The number of fused-ring (bicyclic) bond motifs is 1. The quantitative estimate of drug-likeness (QED) is 0.707. The van der Waals surface area contributed by atoms with Gasteiger partial charge in [0.25, 0.3) is 0 Å². The van der Waals surface area contributed by atoms with Crippen LogP contribution in [0.2, 0.25) is 0 Å². The van der Waals surface area contributed by atoms with Gasteiger partial charge in [-0.05, 0) is 44.1 Å². The lowest BCUT2D eigenvalue weighted by Gasteiger charge is -2.39. The van der Waals surface area contributed by atoms with E-state index in [0.717, 1.165) is 17.9 Å². The van der Waals surface area contributed by atoms with E-state index in [1.54, 1.807) is 0 Å². The molecule has 1 saturated heterocycles. The molecular formula is C13H24BrN. The molecule has 1 heterocycles. The summed E-state index contributed by atoms with van der Waals surface area (Å²) in [7, 11) is 0. The highest BCUT2D eigenvalue weighted by molar-refractivity contribution is 9.09. The fraction of sp³-hybridized carbons (Fsp3) is 1.00. The Morgan fingerprint density at radius 2 is 2.07 bits per heavy atom. The van der Waals surface area contributed by atoms with Crippen molar-refractivity contribution in [3.63, 3.8) is 0 Å². The van der Waals surface area contributed by atoms with Gasteiger partial charge in [-0.15, -0.1) is 0 Å². The molecule has 0 spiro atoms. The third-order valence-electron chi connectivity index (χ3n) is 4.40. The van der Waals surface area contributed by atoms with E-state index in [0.29, 0.717) is 0 Å².